The molecule has 4 N–H and O–H groups in total. The zero-order valence-electron chi connectivity index (χ0n) is 16.1. The Hall–Kier alpha value is -4.10. The molecule has 7 heteroatoms. The average Bonchev–Trinajstić information content (AvgIpc) is 3.23. The number of carbonyl (C=O) groups excluding carboxylic acids is 2. The standard InChI is InChI=1S/C24H17NO5S/c26-13-17-8-9-22(31-17)18-6-1-2-7-19(18)25-24(30)15-5-3-4-14(10-15)23-20(28)11-16(27)12-21(23)29/h1-13,27-29H,(H,25,30). The van der Waals surface area contributed by atoms with Crippen molar-refractivity contribution in [2.75, 3.05) is 5.32 Å². The Bertz CT molecular complexity index is 1270. The van der Waals surface area contributed by atoms with Crippen LogP contribution in [0.5, 0.6) is 17.2 Å². The van der Waals surface area contributed by atoms with E-state index >= 15 is 0 Å². The van der Waals surface area contributed by atoms with Gasteiger partial charge in [0.15, 0.2) is 6.29 Å². The maximum atomic E-state index is 12.9. The van der Waals surface area contributed by atoms with Crippen molar-refractivity contribution in [2.45, 2.75) is 0 Å². The van der Waals surface area contributed by atoms with E-state index in [9.17, 15) is 24.9 Å². The van der Waals surface area contributed by atoms with Gasteiger partial charge in [-0.05, 0) is 35.9 Å². The van der Waals surface area contributed by atoms with E-state index < -0.39 is 0 Å². The highest BCUT2D eigenvalue weighted by atomic mass is 32.1. The highest BCUT2D eigenvalue weighted by Crippen LogP contribution is 2.40. The smallest absolute Gasteiger partial charge is 0.255 e. The van der Waals surface area contributed by atoms with Crippen molar-refractivity contribution in [3.05, 3.63) is 83.2 Å². The van der Waals surface area contributed by atoms with Crippen molar-refractivity contribution in [3.8, 4) is 38.8 Å². The third-order valence-electron chi connectivity index (χ3n) is 4.68. The lowest BCUT2D eigenvalue weighted by molar-refractivity contribution is 0.102. The van der Waals surface area contributed by atoms with Crippen LogP contribution in [0.2, 0.25) is 0 Å². The Balaban J connectivity index is 1.66. The predicted octanol–water partition coefficient (Wildman–Crippen LogP) is 5.26. The second-order valence-electron chi connectivity index (χ2n) is 6.76. The first-order chi connectivity index (χ1) is 15.0. The summed E-state index contributed by atoms with van der Waals surface area (Å²) in [5.74, 6) is -1.25. The van der Waals surface area contributed by atoms with Gasteiger partial charge in [-0.1, -0.05) is 30.3 Å². The van der Waals surface area contributed by atoms with Crippen LogP contribution in [0.25, 0.3) is 21.6 Å². The van der Waals surface area contributed by atoms with Gasteiger partial charge in [-0.3, -0.25) is 9.59 Å². The van der Waals surface area contributed by atoms with E-state index in [0.29, 0.717) is 21.7 Å². The molecule has 31 heavy (non-hydrogen) atoms. The molecule has 6 nitrogen and oxygen atoms in total. The van der Waals surface area contributed by atoms with Gasteiger partial charge in [0.05, 0.1) is 10.4 Å². The molecule has 4 rings (SSSR count). The second kappa shape index (κ2) is 8.33. The van der Waals surface area contributed by atoms with Crippen LogP contribution in [-0.4, -0.2) is 27.5 Å². The monoisotopic (exact) mass is 431 g/mol. The molecule has 4 aromatic rings. The molecule has 0 saturated carbocycles. The molecule has 0 spiro atoms. The molecule has 0 aliphatic heterocycles. The molecule has 0 unspecified atom stereocenters. The normalized spacial score (nSPS) is 10.6. The molecular formula is C24H17NO5S. The summed E-state index contributed by atoms with van der Waals surface area (Å²) in [6.07, 6.45) is 0.787. The van der Waals surface area contributed by atoms with E-state index in [-0.39, 0.29) is 28.7 Å². The quantitative estimate of drug-likeness (QED) is 0.322. The Labute approximate surface area is 181 Å². The number of thiophene rings is 1. The first kappa shape index (κ1) is 20.2. The molecule has 0 aliphatic rings. The number of benzene rings is 3. The number of aromatic hydroxyl groups is 3. The molecule has 0 atom stereocenters. The van der Waals surface area contributed by atoms with Crippen LogP contribution in [-0.2, 0) is 0 Å². The molecule has 3 aromatic carbocycles. The molecular weight excluding hydrogens is 414 g/mol. The number of hydrogen-bond acceptors (Lipinski definition) is 6. The maximum Gasteiger partial charge on any atom is 0.255 e. The SMILES string of the molecule is O=Cc1ccc(-c2ccccc2NC(=O)c2cccc(-c3c(O)cc(O)cc3O)c2)s1. The first-order valence-corrected chi connectivity index (χ1v) is 10.1. The van der Waals surface area contributed by atoms with E-state index in [1.165, 1.54) is 11.3 Å². The fourth-order valence-electron chi connectivity index (χ4n) is 3.27. The number of anilines is 1. The van der Waals surface area contributed by atoms with Crippen molar-refractivity contribution in [1.82, 2.24) is 0 Å². The summed E-state index contributed by atoms with van der Waals surface area (Å²) in [6.45, 7) is 0. The highest BCUT2D eigenvalue weighted by molar-refractivity contribution is 7.17. The number of para-hydroxylation sites is 1. The van der Waals surface area contributed by atoms with Crippen molar-refractivity contribution in [3.63, 3.8) is 0 Å². The molecule has 1 aromatic heterocycles. The minimum atomic E-state index is -0.376. The van der Waals surface area contributed by atoms with Gasteiger partial charge in [-0.25, -0.2) is 0 Å². The lowest BCUT2D eigenvalue weighted by Gasteiger charge is -2.12. The average molecular weight is 431 g/mol. The fourth-order valence-corrected chi connectivity index (χ4v) is 4.13. The van der Waals surface area contributed by atoms with Crippen molar-refractivity contribution in [2.24, 2.45) is 0 Å². The summed E-state index contributed by atoms with van der Waals surface area (Å²) in [4.78, 5) is 25.4. The van der Waals surface area contributed by atoms with E-state index in [4.69, 9.17) is 0 Å². The zero-order valence-corrected chi connectivity index (χ0v) is 16.9. The maximum absolute atomic E-state index is 12.9. The van der Waals surface area contributed by atoms with Gasteiger partial charge in [-0.2, -0.15) is 0 Å². The fraction of sp³-hybridized carbons (Fsp3) is 0. The number of hydrogen-bond donors (Lipinski definition) is 4. The molecule has 0 saturated heterocycles. The number of rotatable bonds is 5. The lowest BCUT2D eigenvalue weighted by Crippen LogP contribution is -2.12. The van der Waals surface area contributed by atoms with Gasteiger partial charge in [0.2, 0.25) is 0 Å². The van der Waals surface area contributed by atoms with Gasteiger partial charge in [0.25, 0.3) is 5.91 Å². The number of phenols is 3. The van der Waals surface area contributed by atoms with Crippen LogP contribution in [0.4, 0.5) is 5.69 Å². The van der Waals surface area contributed by atoms with E-state index in [1.807, 2.05) is 18.2 Å². The summed E-state index contributed by atoms with van der Waals surface area (Å²) in [5.41, 5.74) is 2.24. The van der Waals surface area contributed by atoms with Gasteiger partial charge in [0.1, 0.15) is 17.2 Å². The van der Waals surface area contributed by atoms with Crippen LogP contribution in [0.3, 0.4) is 0 Å². The van der Waals surface area contributed by atoms with Crippen LogP contribution < -0.4 is 5.32 Å². The van der Waals surface area contributed by atoms with Crippen molar-refractivity contribution in [1.29, 1.82) is 0 Å². The van der Waals surface area contributed by atoms with Crippen LogP contribution in [0.1, 0.15) is 20.0 Å². The van der Waals surface area contributed by atoms with Crippen molar-refractivity contribution >= 4 is 29.2 Å². The molecule has 0 bridgehead atoms. The van der Waals surface area contributed by atoms with E-state index in [1.54, 1.807) is 42.5 Å². The summed E-state index contributed by atoms with van der Waals surface area (Å²) in [7, 11) is 0. The van der Waals surface area contributed by atoms with Gasteiger partial charge >= 0.3 is 0 Å². The number of amides is 1. The topological polar surface area (TPSA) is 107 Å². The zero-order chi connectivity index (χ0) is 22.0. The van der Waals surface area contributed by atoms with Gasteiger partial charge < -0.3 is 20.6 Å². The lowest BCUT2D eigenvalue weighted by atomic mass is 10.0. The summed E-state index contributed by atoms with van der Waals surface area (Å²) in [5, 5.41) is 32.7. The molecule has 0 aliphatic carbocycles. The molecule has 154 valence electrons. The molecule has 0 radical (unpaired) electrons. The number of nitrogens with one attached hydrogen (secondary N) is 1. The highest BCUT2D eigenvalue weighted by Gasteiger charge is 2.16. The van der Waals surface area contributed by atoms with Crippen LogP contribution >= 0.6 is 11.3 Å². The predicted molar refractivity (Wildman–Crippen MR) is 120 cm³/mol. The second-order valence-corrected chi connectivity index (χ2v) is 7.87. The Morgan fingerprint density at radius 3 is 2.32 bits per heavy atom. The van der Waals surface area contributed by atoms with E-state index in [0.717, 1.165) is 28.9 Å². The summed E-state index contributed by atoms with van der Waals surface area (Å²) in [6, 6.07) is 19.5. The van der Waals surface area contributed by atoms with Crippen LogP contribution in [0, 0.1) is 0 Å². The Morgan fingerprint density at radius 2 is 1.61 bits per heavy atom. The first-order valence-electron chi connectivity index (χ1n) is 9.27. The number of carbonyl (C=O) groups is 2. The minimum Gasteiger partial charge on any atom is -0.508 e. The van der Waals surface area contributed by atoms with Crippen LogP contribution in [0.15, 0.2) is 72.8 Å². The summed E-state index contributed by atoms with van der Waals surface area (Å²) < 4.78 is 0. The van der Waals surface area contributed by atoms with Crippen molar-refractivity contribution < 1.29 is 24.9 Å². The number of aldehydes is 1. The minimum absolute atomic E-state index is 0.118. The Morgan fingerprint density at radius 1 is 0.871 bits per heavy atom. The van der Waals surface area contributed by atoms with Gasteiger partial charge in [-0.15, -0.1) is 11.3 Å². The molecule has 0 fully saturated rings. The Kier molecular flexibility index (Phi) is 5.43. The third-order valence-corrected chi connectivity index (χ3v) is 5.72. The molecule has 1 amide bonds. The molecule has 1 heterocycles. The van der Waals surface area contributed by atoms with E-state index in [2.05, 4.69) is 5.32 Å². The number of phenolic OH excluding ortho intramolecular Hbond substituents is 3. The largest absolute Gasteiger partial charge is 0.508 e. The summed E-state index contributed by atoms with van der Waals surface area (Å²) >= 11 is 1.33. The third kappa shape index (κ3) is 4.12. The van der Waals surface area contributed by atoms with Gasteiger partial charge in [0, 0.05) is 33.8 Å².